The number of aromatic nitrogens is 3. The third-order valence-corrected chi connectivity index (χ3v) is 5.86. The second-order valence-electron chi connectivity index (χ2n) is 6.39. The fourth-order valence-electron chi connectivity index (χ4n) is 3.16. The molecule has 9 heteroatoms. The first-order valence-corrected chi connectivity index (χ1v) is 10.1. The molecular formula is C20H14N4O4S. The molecule has 0 aliphatic rings. The Labute approximate surface area is 164 Å². The van der Waals surface area contributed by atoms with Crippen LogP contribution in [-0.4, -0.2) is 28.5 Å². The second kappa shape index (κ2) is 6.35. The molecule has 0 saturated carbocycles. The molecule has 0 fully saturated rings. The molecule has 0 amide bonds. The van der Waals surface area contributed by atoms with Gasteiger partial charge in [0, 0.05) is 17.1 Å². The summed E-state index contributed by atoms with van der Waals surface area (Å²) in [4.78, 5) is 11.2. The zero-order valence-electron chi connectivity index (χ0n) is 14.8. The van der Waals surface area contributed by atoms with Crippen molar-refractivity contribution in [2.75, 3.05) is 4.72 Å². The van der Waals surface area contributed by atoms with Gasteiger partial charge in [-0.2, -0.15) is 0 Å². The van der Waals surface area contributed by atoms with E-state index in [9.17, 15) is 13.5 Å². The van der Waals surface area contributed by atoms with E-state index in [1.54, 1.807) is 36.5 Å². The lowest BCUT2D eigenvalue weighted by Crippen LogP contribution is -2.12. The molecule has 3 aromatic heterocycles. The van der Waals surface area contributed by atoms with Crippen molar-refractivity contribution in [3.05, 3.63) is 67.0 Å². The maximum Gasteiger partial charge on any atom is 0.261 e. The number of aromatic amines is 1. The van der Waals surface area contributed by atoms with Gasteiger partial charge in [-0.1, -0.05) is 12.1 Å². The molecule has 3 N–H and O–H groups in total. The molecule has 0 atom stereocenters. The Kier molecular flexibility index (Phi) is 3.78. The third-order valence-electron chi connectivity index (χ3n) is 4.48. The maximum absolute atomic E-state index is 12.8. The topological polar surface area (TPSA) is 121 Å². The number of anilines is 1. The number of nitrogens with zero attached hydrogens (tertiary/aromatic N) is 2. The van der Waals surface area contributed by atoms with Gasteiger partial charge in [0.15, 0.2) is 5.58 Å². The number of sulfonamides is 1. The Morgan fingerprint density at radius 3 is 2.72 bits per heavy atom. The van der Waals surface area contributed by atoms with Crippen molar-refractivity contribution in [1.82, 2.24) is 15.0 Å². The fourth-order valence-corrected chi connectivity index (χ4v) is 4.23. The Morgan fingerprint density at radius 2 is 1.93 bits per heavy atom. The molecule has 0 aliphatic heterocycles. The highest BCUT2D eigenvalue weighted by atomic mass is 32.2. The van der Waals surface area contributed by atoms with E-state index in [1.807, 2.05) is 12.1 Å². The molecule has 29 heavy (non-hydrogen) atoms. The number of para-hydroxylation sites is 2. The number of fused-ring (bicyclic) bond motifs is 2. The number of pyridine rings is 1. The molecule has 0 saturated heterocycles. The Morgan fingerprint density at radius 1 is 1.07 bits per heavy atom. The van der Waals surface area contributed by atoms with Crippen molar-refractivity contribution in [2.45, 2.75) is 4.90 Å². The number of oxazole rings is 1. The van der Waals surface area contributed by atoms with E-state index < -0.39 is 10.0 Å². The number of rotatable bonds is 4. The van der Waals surface area contributed by atoms with Crippen molar-refractivity contribution in [3.63, 3.8) is 0 Å². The molecule has 0 bridgehead atoms. The van der Waals surface area contributed by atoms with Crippen LogP contribution in [0.5, 0.6) is 5.88 Å². The summed E-state index contributed by atoms with van der Waals surface area (Å²) in [6.07, 6.45) is 2.97. The second-order valence-corrected chi connectivity index (χ2v) is 8.07. The van der Waals surface area contributed by atoms with Crippen molar-refractivity contribution in [1.29, 1.82) is 0 Å². The molecule has 5 rings (SSSR count). The largest absolute Gasteiger partial charge is 0.494 e. The summed E-state index contributed by atoms with van der Waals surface area (Å²) in [6, 6.07) is 15.0. The normalized spacial score (nSPS) is 11.9. The lowest BCUT2D eigenvalue weighted by molar-refractivity contribution is 0.457. The predicted molar refractivity (Wildman–Crippen MR) is 108 cm³/mol. The van der Waals surface area contributed by atoms with Crippen molar-refractivity contribution >= 4 is 37.7 Å². The predicted octanol–water partition coefficient (Wildman–Crippen LogP) is 3.88. The number of aromatic hydroxyl groups is 1. The summed E-state index contributed by atoms with van der Waals surface area (Å²) in [5, 5.41) is 10.9. The average molecular weight is 406 g/mol. The van der Waals surface area contributed by atoms with E-state index in [0.717, 1.165) is 0 Å². The lowest BCUT2D eigenvalue weighted by atomic mass is 10.1. The summed E-state index contributed by atoms with van der Waals surface area (Å²) in [6.45, 7) is 0. The SMILES string of the molecule is O=S(=O)(Nc1cccnc1)c1ccc2[nH]c(O)c(-c3nc4ccccc4o3)c2c1. The lowest BCUT2D eigenvalue weighted by Gasteiger charge is -2.07. The summed E-state index contributed by atoms with van der Waals surface area (Å²) in [7, 11) is -3.86. The van der Waals surface area contributed by atoms with Crippen LogP contribution in [0, 0.1) is 0 Å². The number of H-pyrrole nitrogens is 1. The molecule has 144 valence electrons. The summed E-state index contributed by atoms with van der Waals surface area (Å²) in [5.74, 6) is 0.0473. The van der Waals surface area contributed by atoms with Gasteiger partial charge in [-0.3, -0.25) is 9.71 Å². The number of hydrogen-bond acceptors (Lipinski definition) is 6. The van der Waals surface area contributed by atoms with E-state index in [1.165, 1.54) is 18.3 Å². The first-order chi connectivity index (χ1) is 14.0. The van der Waals surface area contributed by atoms with Gasteiger partial charge in [0.05, 0.1) is 16.8 Å². The highest BCUT2D eigenvalue weighted by Gasteiger charge is 2.22. The molecule has 2 aromatic carbocycles. The molecule has 0 spiro atoms. The Bertz CT molecular complexity index is 1420. The van der Waals surface area contributed by atoms with Gasteiger partial charge in [0.25, 0.3) is 10.0 Å². The van der Waals surface area contributed by atoms with Crippen molar-refractivity contribution in [3.8, 4) is 17.3 Å². The van der Waals surface area contributed by atoms with Crippen LogP contribution >= 0.6 is 0 Å². The van der Waals surface area contributed by atoms with Crippen LogP contribution in [0.3, 0.4) is 0 Å². The van der Waals surface area contributed by atoms with Crippen LogP contribution in [0.15, 0.2) is 76.3 Å². The number of nitrogens with one attached hydrogen (secondary N) is 2. The summed E-state index contributed by atoms with van der Waals surface area (Å²) in [5.41, 5.74) is 2.41. The first-order valence-electron chi connectivity index (χ1n) is 8.65. The maximum atomic E-state index is 12.8. The van der Waals surface area contributed by atoms with Gasteiger partial charge in [-0.25, -0.2) is 13.4 Å². The minimum atomic E-state index is -3.86. The molecule has 8 nitrogen and oxygen atoms in total. The average Bonchev–Trinajstić information content (AvgIpc) is 3.27. The van der Waals surface area contributed by atoms with Gasteiger partial charge < -0.3 is 14.5 Å². The van der Waals surface area contributed by atoms with E-state index in [4.69, 9.17) is 4.42 Å². The van der Waals surface area contributed by atoms with Crippen molar-refractivity contribution < 1.29 is 17.9 Å². The van der Waals surface area contributed by atoms with E-state index in [0.29, 0.717) is 33.3 Å². The zero-order valence-corrected chi connectivity index (χ0v) is 15.6. The van der Waals surface area contributed by atoms with Crippen LogP contribution in [0.25, 0.3) is 33.5 Å². The third kappa shape index (κ3) is 2.97. The fraction of sp³-hybridized carbons (Fsp3) is 0. The quantitative estimate of drug-likeness (QED) is 0.416. The molecular weight excluding hydrogens is 392 g/mol. The molecule has 0 radical (unpaired) electrons. The standard InChI is InChI=1S/C20H14N4O4S/c25-19-18(20-23-16-5-1-2-6-17(16)28-20)14-10-13(7-8-15(14)22-19)29(26,27)24-12-4-3-9-21-11-12/h1-11,22,24-25H. The summed E-state index contributed by atoms with van der Waals surface area (Å²) >= 11 is 0. The van der Waals surface area contributed by atoms with Gasteiger partial charge in [0.1, 0.15) is 11.1 Å². The number of hydrogen-bond donors (Lipinski definition) is 3. The minimum Gasteiger partial charge on any atom is -0.494 e. The van der Waals surface area contributed by atoms with Gasteiger partial charge in [-0.05, 0) is 42.5 Å². The monoisotopic (exact) mass is 406 g/mol. The van der Waals surface area contributed by atoms with Crippen LogP contribution in [0.1, 0.15) is 0 Å². The van der Waals surface area contributed by atoms with Crippen LogP contribution in [0.4, 0.5) is 5.69 Å². The van der Waals surface area contributed by atoms with Gasteiger partial charge in [-0.15, -0.1) is 0 Å². The van der Waals surface area contributed by atoms with Gasteiger partial charge in [0.2, 0.25) is 11.8 Å². The van der Waals surface area contributed by atoms with E-state index >= 15 is 0 Å². The van der Waals surface area contributed by atoms with E-state index in [-0.39, 0.29) is 16.7 Å². The smallest absolute Gasteiger partial charge is 0.261 e. The minimum absolute atomic E-state index is 0.0326. The molecule has 5 aromatic rings. The zero-order chi connectivity index (χ0) is 20.0. The molecule has 3 heterocycles. The van der Waals surface area contributed by atoms with Crippen LogP contribution in [-0.2, 0) is 10.0 Å². The summed E-state index contributed by atoms with van der Waals surface area (Å²) < 4.78 is 33.8. The highest BCUT2D eigenvalue weighted by Crippen LogP contribution is 2.38. The first kappa shape index (κ1) is 17.3. The van der Waals surface area contributed by atoms with Gasteiger partial charge >= 0.3 is 0 Å². The van der Waals surface area contributed by atoms with Crippen LogP contribution in [0.2, 0.25) is 0 Å². The highest BCUT2D eigenvalue weighted by molar-refractivity contribution is 7.92. The number of benzene rings is 2. The molecule has 0 unspecified atom stereocenters. The van der Waals surface area contributed by atoms with Crippen molar-refractivity contribution in [2.24, 2.45) is 0 Å². The van der Waals surface area contributed by atoms with E-state index in [2.05, 4.69) is 19.7 Å². The Balaban J connectivity index is 1.64. The Hall–Kier alpha value is -3.85. The molecule has 0 aliphatic carbocycles. The van der Waals surface area contributed by atoms with Crippen LogP contribution < -0.4 is 4.72 Å².